The summed E-state index contributed by atoms with van der Waals surface area (Å²) in [5.41, 5.74) is 4.84. The SMILES string of the molecule is COc1cc2c(cc1CCC(=O)N1CCC[C@H]1c1cccc(Nc3cnccn3)n1)CCC2. The van der Waals surface area contributed by atoms with Crippen LogP contribution >= 0.6 is 0 Å². The highest BCUT2D eigenvalue weighted by Gasteiger charge is 2.31. The number of rotatable bonds is 7. The number of carbonyl (C=O) groups excluding carboxylic acids is 1. The molecule has 0 saturated carbocycles. The van der Waals surface area contributed by atoms with E-state index in [1.54, 1.807) is 25.7 Å². The first-order valence-corrected chi connectivity index (χ1v) is 11.7. The van der Waals surface area contributed by atoms with Gasteiger partial charge in [-0.3, -0.25) is 9.78 Å². The van der Waals surface area contributed by atoms with Crippen molar-refractivity contribution < 1.29 is 9.53 Å². The monoisotopic (exact) mass is 443 g/mol. The second kappa shape index (κ2) is 9.57. The number of likely N-dealkylation sites (tertiary alicyclic amines) is 1. The molecular weight excluding hydrogens is 414 g/mol. The molecule has 1 fully saturated rings. The smallest absolute Gasteiger partial charge is 0.223 e. The fraction of sp³-hybridized carbons (Fsp3) is 0.385. The molecule has 1 amide bonds. The van der Waals surface area contributed by atoms with Crippen molar-refractivity contribution in [1.82, 2.24) is 19.9 Å². The van der Waals surface area contributed by atoms with Gasteiger partial charge in [0.15, 0.2) is 0 Å². The van der Waals surface area contributed by atoms with Crippen LogP contribution in [0.5, 0.6) is 5.75 Å². The Kier molecular flexibility index (Phi) is 6.19. The predicted molar refractivity (Wildman–Crippen MR) is 127 cm³/mol. The average molecular weight is 444 g/mol. The molecule has 0 bridgehead atoms. The number of amides is 1. The number of nitrogens with one attached hydrogen (secondary N) is 1. The van der Waals surface area contributed by atoms with E-state index >= 15 is 0 Å². The number of aromatic nitrogens is 3. The zero-order chi connectivity index (χ0) is 22.6. The van der Waals surface area contributed by atoms with E-state index < -0.39 is 0 Å². The van der Waals surface area contributed by atoms with Crippen LogP contribution in [0.4, 0.5) is 11.6 Å². The lowest BCUT2D eigenvalue weighted by Crippen LogP contribution is -2.31. The molecular formula is C26H29N5O2. The highest BCUT2D eigenvalue weighted by atomic mass is 16.5. The minimum absolute atomic E-state index is 0.00280. The first-order valence-electron chi connectivity index (χ1n) is 11.7. The first-order chi connectivity index (χ1) is 16.2. The van der Waals surface area contributed by atoms with Crippen LogP contribution in [0.2, 0.25) is 0 Å². The van der Waals surface area contributed by atoms with E-state index in [1.165, 1.54) is 17.5 Å². The fourth-order valence-corrected chi connectivity index (χ4v) is 5.00. The van der Waals surface area contributed by atoms with E-state index in [4.69, 9.17) is 9.72 Å². The van der Waals surface area contributed by atoms with Gasteiger partial charge < -0.3 is 15.0 Å². The van der Waals surface area contributed by atoms with Gasteiger partial charge in [-0.2, -0.15) is 0 Å². The van der Waals surface area contributed by atoms with Crippen molar-refractivity contribution in [1.29, 1.82) is 0 Å². The van der Waals surface area contributed by atoms with Gasteiger partial charge in [-0.1, -0.05) is 12.1 Å². The first kappa shape index (κ1) is 21.4. The largest absolute Gasteiger partial charge is 0.496 e. The predicted octanol–water partition coefficient (Wildman–Crippen LogP) is 4.41. The summed E-state index contributed by atoms with van der Waals surface area (Å²) in [6, 6.07) is 10.3. The van der Waals surface area contributed by atoms with Crippen LogP contribution in [0.3, 0.4) is 0 Å². The van der Waals surface area contributed by atoms with Gasteiger partial charge in [0.25, 0.3) is 0 Å². The number of benzene rings is 1. The number of carbonyl (C=O) groups is 1. The summed E-state index contributed by atoms with van der Waals surface area (Å²) >= 11 is 0. The van der Waals surface area contributed by atoms with Crippen molar-refractivity contribution in [2.75, 3.05) is 19.0 Å². The summed E-state index contributed by atoms with van der Waals surface area (Å²) in [6.45, 7) is 0.772. The minimum atomic E-state index is 0.00280. The molecule has 1 aliphatic carbocycles. The lowest BCUT2D eigenvalue weighted by atomic mass is 10.0. The molecule has 1 atom stereocenters. The van der Waals surface area contributed by atoms with Gasteiger partial charge in [0.1, 0.15) is 17.4 Å². The zero-order valence-corrected chi connectivity index (χ0v) is 19.0. The molecule has 1 aliphatic heterocycles. The van der Waals surface area contributed by atoms with Crippen molar-refractivity contribution in [3.8, 4) is 5.75 Å². The van der Waals surface area contributed by atoms with Crippen LogP contribution in [0.25, 0.3) is 0 Å². The summed E-state index contributed by atoms with van der Waals surface area (Å²) in [5, 5.41) is 3.19. The third-order valence-corrected chi connectivity index (χ3v) is 6.61. The number of nitrogens with zero attached hydrogens (tertiary/aromatic N) is 4. The third kappa shape index (κ3) is 4.67. The fourth-order valence-electron chi connectivity index (χ4n) is 5.00. The molecule has 5 rings (SSSR count). The number of pyridine rings is 1. The van der Waals surface area contributed by atoms with E-state index in [1.807, 2.05) is 23.1 Å². The second-order valence-electron chi connectivity index (χ2n) is 8.69. The number of hydrogen-bond acceptors (Lipinski definition) is 6. The van der Waals surface area contributed by atoms with Gasteiger partial charge >= 0.3 is 0 Å². The normalized spacial score (nSPS) is 17.1. The maximum Gasteiger partial charge on any atom is 0.223 e. The molecule has 7 nitrogen and oxygen atoms in total. The summed E-state index contributed by atoms with van der Waals surface area (Å²) < 4.78 is 5.63. The summed E-state index contributed by atoms with van der Waals surface area (Å²) in [7, 11) is 1.71. The molecule has 2 aliphatic rings. The average Bonchev–Trinajstić information content (AvgIpc) is 3.52. The van der Waals surface area contributed by atoms with Crippen molar-refractivity contribution in [3.63, 3.8) is 0 Å². The van der Waals surface area contributed by atoms with E-state index in [2.05, 4.69) is 27.4 Å². The maximum absolute atomic E-state index is 13.2. The van der Waals surface area contributed by atoms with Gasteiger partial charge in [-0.05, 0) is 73.4 Å². The molecule has 0 radical (unpaired) electrons. The summed E-state index contributed by atoms with van der Waals surface area (Å²) in [5.74, 6) is 2.43. The number of aryl methyl sites for hydroxylation is 3. The van der Waals surface area contributed by atoms with Gasteiger partial charge in [0, 0.05) is 25.4 Å². The van der Waals surface area contributed by atoms with E-state index in [-0.39, 0.29) is 11.9 Å². The van der Waals surface area contributed by atoms with Crippen molar-refractivity contribution >= 4 is 17.5 Å². The number of anilines is 2. The molecule has 0 unspecified atom stereocenters. The molecule has 7 heteroatoms. The Bertz CT molecular complexity index is 1130. The Morgan fingerprint density at radius 3 is 2.85 bits per heavy atom. The lowest BCUT2D eigenvalue weighted by Gasteiger charge is -2.25. The van der Waals surface area contributed by atoms with Gasteiger partial charge in [-0.25, -0.2) is 9.97 Å². The van der Waals surface area contributed by atoms with Gasteiger partial charge in [0.05, 0.1) is 25.0 Å². The Morgan fingerprint density at radius 2 is 2.03 bits per heavy atom. The third-order valence-electron chi connectivity index (χ3n) is 6.61. The topological polar surface area (TPSA) is 80.2 Å². The number of fused-ring (bicyclic) bond motifs is 1. The van der Waals surface area contributed by atoms with Crippen molar-refractivity contribution in [2.45, 2.75) is 51.0 Å². The van der Waals surface area contributed by atoms with Crippen molar-refractivity contribution in [2.24, 2.45) is 0 Å². The molecule has 1 aromatic carbocycles. The Hall–Kier alpha value is -3.48. The molecule has 3 aromatic rings. The molecule has 3 heterocycles. The van der Waals surface area contributed by atoms with Gasteiger partial charge in [0.2, 0.25) is 5.91 Å². The van der Waals surface area contributed by atoms with Crippen LogP contribution in [-0.2, 0) is 24.1 Å². The van der Waals surface area contributed by atoms with Crippen molar-refractivity contribution in [3.05, 3.63) is 71.3 Å². The summed E-state index contributed by atoms with van der Waals surface area (Å²) in [4.78, 5) is 28.3. The van der Waals surface area contributed by atoms with Crippen LogP contribution in [0.1, 0.15) is 54.1 Å². The highest BCUT2D eigenvalue weighted by Crippen LogP contribution is 2.34. The van der Waals surface area contributed by atoms with Crippen LogP contribution in [-0.4, -0.2) is 39.4 Å². The number of hydrogen-bond donors (Lipinski definition) is 1. The van der Waals surface area contributed by atoms with E-state index in [0.717, 1.165) is 49.2 Å². The Labute approximate surface area is 194 Å². The van der Waals surface area contributed by atoms with Crippen LogP contribution < -0.4 is 10.1 Å². The molecule has 170 valence electrons. The molecule has 1 saturated heterocycles. The lowest BCUT2D eigenvalue weighted by molar-refractivity contribution is -0.132. The minimum Gasteiger partial charge on any atom is -0.496 e. The number of ether oxygens (including phenoxy) is 1. The second-order valence-corrected chi connectivity index (χ2v) is 8.69. The Balaban J connectivity index is 1.27. The standard InChI is InChI=1S/C26H29N5O2/c1-33-23-16-19-6-2-5-18(19)15-20(23)10-11-26(32)31-14-4-8-22(31)21-7-3-9-24(29-21)30-25-17-27-12-13-28-25/h3,7,9,12-13,15-17,22H,2,4-6,8,10-11,14H2,1H3,(H,28,29,30)/t22-/m0/s1. The van der Waals surface area contributed by atoms with Gasteiger partial charge in [-0.15, -0.1) is 0 Å². The van der Waals surface area contributed by atoms with E-state index in [9.17, 15) is 4.79 Å². The summed E-state index contributed by atoms with van der Waals surface area (Å²) in [6.07, 6.45) is 11.5. The maximum atomic E-state index is 13.2. The Morgan fingerprint density at radius 1 is 1.15 bits per heavy atom. The zero-order valence-electron chi connectivity index (χ0n) is 19.0. The molecule has 1 N–H and O–H groups in total. The molecule has 0 spiro atoms. The molecule has 33 heavy (non-hydrogen) atoms. The van der Waals surface area contributed by atoms with Crippen LogP contribution in [0, 0.1) is 0 Å². The quantitative estimate of drug-likeness (QED) is 0.583. The van der Waals surface area contributed by atoms with Crippen LogP contribution in [0.15, 0.2) is 48.9 Å². The highest BCUT2D eigenvalue weighted by molar-refractivity contribution is 5.77. The molecule has 2 aromatic heterocycles. The number of methoxy groups -OCH3 is 1. The van der Waals surface area contributed by atoms with E-state index in [0.29, 0.717) is 24.5 Å².